The summed E-state index contributed by atoms with van der Waals surface area (Å²) in [5.41, 5.74) is 6.24. The molecule has 36 heavy (non-hydrogen) atoms. The molecule has 0 unspecified atom stereocenters. The molecule has 178 valence electrons. The average Bonchev–Trinajstić information content (AvgIpc) is 3.13. The van der Waals surface area contributed by atoms with Crippen molar-refractivity contribution in [2.75, 3.05) is 11.1 Å². The van der Waals surface area contributed by atoms with E-state index in [0.29, 0.717) is 11.0 Å². The number of carbonyl (C=O) groups excluding carboxylic acids is 1. The Labute approximate surface area is 200 Å². The molecule has 2 heterocycles. The van der Waals surface area contributed by atoms with Crippen LogP contribution in [0, 0.1) is 17.1 Å². The predicted octanol–water partition coefficient (Wildman–Crippen LogP) is 5.44. The molecule has 5 aromatic rings. The summed E-state index contributed by atoms with van der Waals surface area (Å²) in [5, 5.41) is 12.1. The number of nitrogen functional groups attached to an aromatic ring is 1. The highest BCUT2D eigenvalue weighted by Crippen LogP contribution is 2.33. The number of nitrogens with zero attached hydrogens (tertiary/aromatic N) is 4. The van der Waals surface area contributed by atoms with E-state index in [1.807, 2.05) is 6.07 Å². The first kappa shape index (κ1) is 22.8. The van der Waals surface area contributed by atoms with Gasteiger partial charge in [0.25, 0.3) is 5.91 Å². The van der Waals surface area contributed by atoms with Gasteiger partial charge in [0.05, 0.1) is 22.3 Å². The lowest BCUT2D eigenvalue weighted by molar-refractivity contribution is -0.137. The minimum absolute atomic E-state index is 0.000979. The van der Waals surface area contributed by atoms with Gasteiger partial charge in [0.2, 0.25) is 0 Å². The smallest absolute Gasteiger partial charge is 0.384 e. The number of para-hydroxylation sites is 2. The first-order chi connectivity index (χ1) is 17.2. The summed E-state index contributed by atoms with van der Waals surface area (Å²) in [7, 11) is 0. The average molecular weight is 490 g/mol. The zero-order valence-electron chi connectivity index (χ0n) is 18.1. The monoisotopic (exact) mass is 490 g/mol. The van der Waals surface area contributed by atoms with Crippen LogP contribution >= 0.6 is 0 Å². The van der Waals surface area contributed by atoms with Crippen molar-refractivity contribution in [3.63, 3.8) is 0 Å². The molecule has 3 aromatic carbocycles. The van der Waals surface area contributed by atoms with Gasteiger partial charge in [0, 0.05) is 11.3 Å². The van der Waals surface area contributed by atoms with Crippen LogP contribution in [0.25, 0.3) is 27.9 Å². The molecule has 0 saturated carbocycles. The van der Waals surface area contributed by atoms with E-state index in [0.717, 1.165) is 24.3 Å². The molecule has 11 heteroatoms. The van der Waals surface area contributed by atoms with Gasteiger partial charge in [-0.3, -0.25) is 9.36 Å². The third-order valence-corrected chi connectivity index (χ3v) is 5.51. The van der Waals surface area contributed by atoms with Crippen LogP contribution in [0.2, 0.25) is 0 Å². The van der Waals surface area contributed by atoms with Crippen LogP contribution in [0.5, 0.6) is 0 Å². The maximum atomic E-state index is 15.0. The van der Waals surface area contributed by atoms with Crippen LogP contribution in [0.15, 0.2) is 66.7 Å². The fourth-order valence-electron chi connectivity index (χ4n) is 3.82. The number of nitrogens with two attached hydrogens (primary N) is 1. The summed E-state index contributed by atoms with van der Waals surface area (Å²) in [4.78, 5) is 21.6. The highest BCUT2D eigenvalue weighted by Gasteiger charge is 2.31. The molecule has 0 saturated heterocycles. The van der Waals surface area contributed by atoms with Crippen molar-refractivity contribution in [3.8, 4) is 11.8 Å². The van der Waals surface area contributed by atoms with Crippen molar-refractivity contribution in [1.29, 1.82) is 5.26 Å². The summed E-state index contributed by atoms with van der Waals surface area (Å²) < 4.78 is 55.2. The third kappa shape index (κ3) is 3.84. The number of nitrogens with one attached hydrogen (secondary N) is 1. The van der Waals surface area contributed by atoms with E-state index in [9.17, 15) is 27.6 Å². The number of fused-ring (bicyclic) bond motifs is 2. The summed E-state index contributed by atoms with van der Waals surface area (Å²) in [6.07, 6.45) is -4.62. The largest absolute Gasteiger partial charge is 0.416 e. The number of rotatable bonds is 3. The summed E-state index contributed by atoms with van der Waals surface area (Å²) in [5.74, 6) is -1.68. The highest BCUT2D eigenvalue weighted by molar-refractivity contribution is 6.04. The van der Waals surface area contributed by atoms with Gasteiger partial charge in [0.1, 0.15) is 28.8 Å². The molecule has 0 aliphatic rings. The number of amides is 1. The molecule has 2 aromatic heterocycles. The number of aromatic nitrogens is 3. The van der Waals surface area contributed by atoms with Crippen LogP contribution in [0.1, 0.15) is 21.5 Å². The Morgan fingerprint density at radius 1 is 1.00 bits per heavy atom. The topological polar surface area (TPSA) is 110 Å². The summed E-state index contributed by atoms with van der Waals surface area (Å²) in [6, 6.07) is 16.3. The Bertz CT molecular complexity index is 1720. The molecule has 0 atom stereocenters. The number of nitriles is 1. The van der Waals surface area contributed by atoms with Gasteiger partial charge in [-0.15, -0.1) is 0 Å². The Morgan fingerprint density at radius 3 is 2.42 bits per heavy atom. The molecule has 0 fully saturated rings. The van der Waals surface area contributed by atoms with Crippen molar-refractivity contribution < 1.29 is 22.4 Å². The van der Waals surface area contributed by atoms with E-state index in [1.54, 1.807) is 24.3 Å². The molecule has 0 radical (unpaired) electrons. The fraction of sp³-hybridized carbons (Fsp3) is 0.0400. The number of hydrogen-bond donors (Lipinski definition) is 2. The van der Waals surface area contributed by atoms with Crippen LogP contribution in [-0.4, -0.2) is 20.4 Å². The van der Waals surface area contributed by atoms with E-state index in [1.165, 1.54) is 22.8 Å². The molecule has 1 amide bonds. The van der Waals surface area contributed by atoms with Crippen molar-refractivity contribution in [3.05, 3.63) is 89.2 Å². The Balaban J connectivity index is 1.60. The Kier molecular flexibility index (Phi) is 5.29. The summed E-state index contributed by atoms with van der Waals surface area (Å²) >= 11 is 0. The third-order valence-electron chi connectivity index (χ3n) is 5.51. The molecule has 7 nitrogen and oxygen atoms in total. The lowest BCUT2D eigenvalue weighted by Gasteiger charge is -2.12. The van der Waals surface area contributed by atoms with Crippen LogP contribution in [0.3, 0.4) is 0 Å². The molecule has 0 aliphatic carbocycles. The standard InChI is InChI=1S/C25H14F4N6O/c26-17-9-8-15(32-24(36)13-4-3-5-14(10-13)25(27,28)29)11-20(17)35-22(31)16(12-30)21-23(35)34-19-7-2-1-6-18(19)33-21/h1-11H,31H2,(H,32,36). The number of alkyl halides is 3. The number of hydrogen-bond acceptors (Lipinski definition) is 5. The zero-order valence-corrected chi connectivity index (χ0v) is 18.1. The van der Waals surface area contributed by atoms with Crippen LogP contribution < -0.4 is 11.1 Å². The Morgan fingerprint density at radius 2 is 1.72 bits per heavy atom. The number of carbonyl (C=O) groups is 1. The van der Waals surface area contributed by atoms with Gasteiger partial charge in [-0.2, -0.15) is 18.4 Å². The van der Waals surface area contributed by atoms with E-state index in [-0.39, 0.29) is 39.5 Å². The van der Waals surface area contributed by atoms with Gasteiger partial charge in [-0.05, 0) is 48.5 Å². The molecule has 0 spiro atoms. The molecular formula is C25H14F4N6O. The summed E-state index contributed by atoms with van der Waals surface area (Å²) in [6.45, 7) is 0. The van der Waals surface area contributed by atoms with Crippen molar-refractivity contribution in [2.24, 2.45) is 0 Å². The minimum Gasteiger partial charge on any atom is -0.384 e. The highest BCUT2D eigenvalue weighted by atomic mass is 19.4. The van der Waals surface area contributed by atoms with E-state index in [2.05, 4.69) is 15.3 Å². The van der Waals surface area contributed by atoms with Crippen molar-refractivity contribution in [2.45, 2.75) is 6.18 Å². The quantitative estimate of drug-likeness (QED) is 0.328. The molecule has 5 rings (SSSR count). The SMILES string of the molecule is N#Cc1c(N)n(-c2cc(NC(=O)c3cccc(C(F)(F)F)c3)ccc2F)c2nc3ccccc3nc12. The lowest BCUT2D eigenvalue weighted by Crippen LogP contribution is -2.14. The fourth-order valence-corrected chi connectivity index (χ4v) is 3.82. The molecular weight excluding hydrogens is 476 g/mol. The predicted molar refractivity (Wildman–Crippen MR) is 125 cm³/mol. The first-order valence-electron chi connectivity index (χ1n) is 10.4. The molecule has 0 bridgehead atoms. The zero-order chi connectivity index (χ0) is 25.6. The van der Waals surface area contributed by atoms with Gasteiger partial charge in [-0.25, -0.2) is 14.4 Å². The second kappa shape index (κ2) is 8.35. The number of benzene rings is 3. The second-order valence-electron chi connectivity index (χ2n) is 7.79. The van der Waals surface area contributed by atoms with Gasteiger partial charge >= 0.3 is 6.18 Å². The van der Waals surface area contributed by atoms with Crippen LogP contribution in [-0.2, 0) is 6.18 Å². The van der Waals surface area contributed by atoms with Gasteiger partial charge in [0.15, 0.2) is 5.65 Å². The lowest BCUT2D eigenvalue weighted by atomic mass is 10.1. The maximum absolute atomic E-state index is 15.0. The molecule has 3 N–H and O–H groups in total. The van der Waals surface area contributed by atoms with E-state index < -0.39 is 23.5 Å². The van der Waals surface area contributed by atoms with Crippen LogP contribution in [0.4, 0.5) is 29.1 Å². The van der Waals surface area contributed by atoms with Gasteiger partial charge < -0.3 is 11.1 Å². The van der Waals surface area contributed by atoms with E-state index in [4.69, 9.17) is 5.73 Å². The second-order valence-corrected chi connectivity index (χ2v) is 7.79. The van der Waals surface area contributed by atoms with Gasteiger partial charge in [-0.1, -0.05) is 18.2 Å². The number of anilines is 2. The van der Waals surface area contributed by atoms with Crippen molar-refractivity contribution >= 4 is 39.6 Å². The maximum Gasteiger partial charge on any atom is 0.416 e. The van der Waals surface area contributed by atoms with Crippen molar-refractivity contribution in [1.82, 2.24) is 14.5 Å². The first-order valence-corrected chi connectivity index (χ1v) is 10.4. The minimum atomic E-state index is -4.62. The van der Waals surface area contributed by atoms with E-state index >= 15 is 0 Å². The normalized spacial score (nSPS) is 11.5. The Hall–Kier alpha value is -4.98. The number of halogens is 4. The molecule has 0 aliphatic heterocycles.